The van der Waals surface area contributed by atoms with Crippen LogP contribution in [-0.2, 0) is 20.9 Å². The third-order valence-corrected chi connectivity index (χ3v) is 5.46. The second kappa shape index (κ2) is 13.3. The van der Waals surface area contributed by atoms with E-state index in [1.165, 1.54) is 4.90 Å². The van der Waals surface area contributed by atoms with E-state index < -0.39 is 35.6 Å². The molecule has 0 fully saturated rings. The van der Waals surface area contributed by atoms with E-state index >= 15 is 0 Å². The lowest BCUT2D eigenvalue weighted by Crippen LogP contribution is -2.55. The number of amides is 3. The molecule has 0 spiro atoms. The molecular formula is C29H36N4O4. The minimum absolute atomic E-state index is 0.246. The summed E-state index contributed by atoms with van der Waals surface area (Å²) >= 11 is 0. The van der Waals surface area contributed by atoms with Crippen molar-refractivity contribution in [3.63, 3.8) is 0 Å². The van der Waals surface area contributed by atoms with Crippen molar-refractivity contribution in [2.45, 2.75) is 58.8 Å². The highest BCUT2D eigenvalue weighted by atomic mass is 16.6. The molecule has 3 amide bonds. The molecule has 0 heterocycles. The van der Waals surface area contributed by atoms with Gasteiger partial charge < -0.3 is 20.3 Å². The SMILES string of the molecule is C=Cc1cccc(C(C(=O)NCc2ccccc2)N(CC#N)C(=O)C(NC(=O)OC(C)(C)C)C(C)C)c1. The third kappa shape index (κ3) is 8.80. The van der Waals surface area contributed by atoms with Crippen LogP contribution in [0.4, 0.5) is 4.79 Å². The monoisotopic (exact) mass is 504 g/mol. The van der Waals surface area contributed by atoms with Gasteiger partial charge in [-0.3, -0.25) is 9.59 Å². The Kier molecular flexibility index (Phi) is 10.4. The van der Waals surface area contributed by atoms with E-state index in [2.05, 4.69) is 17.2 Å². The Bertz CT molecular complexity index is 1130. The fourth-order valence-corrected chi connectivity index (χ4v) is 3.71. The lowest BCUT2D eigenvalue weighted by molar-refractivity contribution is -0.142. The van der Waals surface area contributed by atoms with Crippen molar-refractivity contribution >= 4 is 24.0 Å². The van der Waals surface area contributed by atoms with E-state index in [0.717, 1.165) is 11.1 Å². The van der Waals surface area contributed by atoms with Crippen LogP contribution in [0.2, 0.25) is 0 Å². The Morgan fingerprint density at radius 3 is 2.35 bits per heavy atom. The number of carbonyl (C=O) groups excluding carboxylic acids is 3. The highest BCUT2D eigenvalue weighted by molar-refractivity contribution is 5.92. The molecule has 0 aliphatic rings. The summed E-state index contributed by atoms with van der Waals surface area (Å²) in [6, 6.07) is 16.3. The van der Waals surface area contributed by atoms with Gasteiger partial charge in [0.2, 0.25) is 11.8 Å². The molecule has 0 saturated heterocycles. The molecule has 0 saturated carbocycles. The van der Waals surface area contributed by atoms with Gasteiger partial charge in [-0.15, -0.1) is 0 Å². The summed E-state index contributed by atoms with van der Waals surface area (Å²) in [5.41, 5.74) is 1.41. The standard InChI is InChI=1S/C29H36N4O4/c1-7-21-14-11-15-23(18-21)25(26(34)31-19-22-12-9-8-10-13-22)33(17-16-30)27(35)24(20(2)3)32-28(36)37-29(4,5)6/h7-15,18,20,24-25H,1,17,19H2,2-6H3,(H,31,34)(H,32,36). The number of hydrogen-bond donors (Lipinski definition) is 2. The fraction of sp³-hybridized carbons (Fsp3) is 0.379. The van der Waals surface area contributed by atoms with E-state index in [4.69, 9.17) is 4.74 Å². The van der Waals surface area contributed by atoms with Crippen LogP contribution in [-0.4, -0.2) is 41.0 Å². The minimum Gasteiger partial charge on any atom is -0.444 e. The van der Waals surface area contributed by atoms with Crippen molar-refractivity contribution in [3.05, 3.63) is 77.9 Å². The highest BCUT2D eigenvalue weighted by Gasteiger charge is 2.37. The predicted octanol–water partition coefficient (Wildman–Crippen LogP) is 4.59. The summed E-state index contributed by atoms with van der Waals surface area (Å²) in [5, 5.41) is 15.1. The summed E-state index contributed by atoms with van der Waals surface area (Å²) in [6.45, 7) is 12.4. The fourth-order valence-electron chi connectivity index (χ4n) is 3.71. The molecule has 0 aliphatic heterocycles. The molecule has 8 nitrogen and oxygen atoms in total. The molecule has 37 heavy (non-hydrogen) atoms. The van der Waals surface area contributed by atoms with Crippen LogP contribution >= 0.6 is 0 Å². The van der Waals surface area contributed by atoms with Gasteiger partial charge in [-0.2, -0.15) is 5.26 Å². The smallest absolute Gasteiger partial charge is 0.408 e. The van der Waals surface area contributed by atoms with E-state index in [1.807, 2.05) is 42.5 Å². The number of alkyl carbamates (subject to hydrolysis) is 1. The number of nitriles is 1. The number of nitrogens with zero attached hydrogens (tertiary/aromatic N) is 2. The van der Waals surface area contributed by atoms with Gasteiger partial charge in [0.1, 0.15) is 24.2 Å². The second-order valence-corrected chi connectivity index (χ2v) is 9.97. The van der Waals surface area contributed by atoms with Crippen molar-refractivity contribution in [3.8, 4) is 6.07 Å². The Balaban J connectivity index is 2.46. The largest absolute Gasteiger partial charge is 0.444 e. The Hall–Kier alpha value is -4.12. The lowest BCUT2D eigenvalue weighted by atomic mass is 9.97. The molecule has 2 N–H and O–H groups in total. The van der Waals surface area contributed by atoms with Gasteiger partial charge in [0, 0.05) is 6.54 Å². The van der Waals surface area contributed by atoms with Crippen LogP contribution in [0.3, 0.4) is 0 Å². The molecule has 2 aromatic carbocycles. The highest BCUT2D eigenvalue weighted by Crippen LogP contribution is 2.25. The first kappa shape index (κ1) is 29.1. The lowest BCUT2D eigenvalue weighted by Gasteiger charge is -2.34. The topological polar surface area (TPSA) is 112 Å². The van der Waals surface area contributed by atoms with Gasteiger partial charge in [0.15, 0.2) is 0 Å². The summed E-state index contributed by atoms with van der Waals surface area (Å²) < 4.78 is 5.34. The van der Waals surface area contributed by atoms with Crippen LogP contribution < -0.4 is 10.6 Å². The zero-order chi connectivity index (χ0) is 27.6. The quantitative estimate of drug-likeness (QED) is 0.460. The van der Waals surface area contributed by atoms with Gasteiger partial charge in [-0.1, -0.05) is 75.0 Å². The number of hydrogen-bond acceptors (Lipinski definition) is 5. The zero-order valence-electron chi connectivity index (χ0n) is 22.2. The van der Waals surface area contributed by atoms with Crippen LogP contribution in [0.5, 0.6) is 0 Å². The molecule has 2 aromatic rings. The molecule has 2 unspecified atom stereocenters. The Morgan fingerprint density at radius 1 is 1.11 bits per heavy atom. The maximum Gasteiger partial charge on any atom is 0.408 e. The number of rotatable bonds is 10. The average Bonchev–Trinajstić information content (AvgIpc) is 2.85. The van der Waals surface area contributed by atoms with Gasteiger partial charge in [-0.05, 0) is 49.4 Å². The normalized spacial score (nSPS) is 12.6. The first-order chi connectivity index (χ1) is 17.5. The number of nitrogens with one attached hydrogen (secondary N) is 2. The molecule has 0 aromatic heterocycles. The molecule has 2 atom stereocenters. The van der Waals surface area contributed by atoms with Crippen LogP contribution in [0.25, 0.3) is 6.08 Å². The predicted molar refractivity (Wildman–Crippen MR) is 143 cm³/mol. The molecule has 196 valence electrons. The van der Waals surface area contributed by atoms with Crippen LogP contribution in [0.1, 0.15) is 57.4 Å². The maximum atomic E-state index is 13.8. The van der Waals surface area contributed by atoms with Gasteiger partial charge in [0.05, 0.1) is 6.07 Å². The number of ether oxygens (including phenoxy) is 1. The van der Waals surface area contributed by atoms with E-state index in [0.29, 0.717) is 5.56 Å². The minimum atomic E-state index is -1.11. The summed E-state index contributed by atoms with van der Waals surface area (Å²) in [6.07, 6.45) is 0.884. The summed E-state index contributed by atoms with van der Waals surface area (Å²) in [5.74, 6) is -1.35. The van der Waals surface area contributed by atoms with Gasteiger partial charge >= 0.3 is 6.09 Å². The first-order valence-electron chi connectivity index (χ1n) is 12.2. The Labute approximate surface area is 219 Å². The van der Waals surface area contributed by atoms with Crippen molar-refractivity contribution in [2.24, 2.45) is 5.92 Å². The molecule has 8 heteroatoms. The van der Waals surface area contributed by atoms with Crippen molar-refractivity contribution < 1.29 is 19.1 Å². The number of benzene rings is 2. The van der Waals surface area contributed by atoms with Crippen LogP contribution in [0.15, 0.2) is 61.2 Å². The molecule has 2 rings (SSSR count). The average molecular weight is 505 g/mol. The van der Waals surface area contributed by atoms with E-state index in [1.54, 1.807) is 58.9 Å². The summed E-state index contributed by atoms with van der Waals surface area (Å²) in [4.78, 5) is 41.1. The zero-order valence-corrected chi connectivity index (χ0v) is 22.2. The molecule has 0 radical (unpaired) electrons. The molecular weight excluding hydrogens is 468 g/mol. The Morgan fingerprint density at radius 2 is 1.78 bits per heavy atom. The van der Waals surface area contributed by atoms with Gasteiger partial charge in [-0.25, -0.2) is 4.79 Å². The number of carbonyl (C=O) groups is 3. The van der Waals surface area contributed by atoms with Crippen molar-refractivity contribution in [2.75, 3.05) is 6.54 Å². The summed E-state index contributed by atoms with van der Waals surface area (Å²) in [7, 11) is 0. The van der Waals surface area contributed by atoms with E-state index in [9.17, 15) is 19.6 Å². The maximum absolute atomic E-state index is 13.8. The van der Waals surface area contributed by atoms with Crippen LogP contribution in [0, 0.1) is 17.2 Å². The van der Waals surface area contributed by atoms with Crippen molar-refractivity contribution in [1.82, 2.24) is 15.5 Å². The molecule has 0 bridgehead atoms. The first-order valence-corrected chi connectivity index (χ1v) is 12.2. The third-order valence-electron chi connectivity index (χ3n) is 5.46. The molecule has 0 aliphatic carbocycles. The van der Waals surface area contributed by atoms with E-state index in [-0.39, 0.29) is 19.0 Å². The van der Waals surface area contributed by atoms with Gasteiger partial charge in [0.25, 0.3) is 0 Å². The van der Waals surface area contributed by atoms with Crippen molar-refractivity contribution in [1.29, 1.82) is 5.26 Å². The second-order valence-electron chi connectivity index (χ2n) is 9.97.